The number of hydrogen-bond donors (Lipinski definition) is 0. The van der Waals surface area contributed by atoms with E-state index in [-0.39, 0.29) is 17.8 Å². The monoisotopic (exact) mass is 335 g/mol. The van der Waals surface area contributed by atoms with Gasteiger partial charge in [0.15, 0.2) is 0 Å². The lowest BCUT2D eigenvalue weighted by Gasteiger charge is -2.06. The molecule has 0 aliphatic heterocycles. The molecule has 0 atom stereocenters. The highest BCUT2D eigenvalue weighted by molar-refractivity contribution is 5.81. The fourth-order valence-electron chi connectivity index (χ4n) is 2.79. The van der Waals surface area contributed by atoms with E-state index in [2.05, 4.69) is 10.1 Å². The summed E-state index contributed by atoms with van der Waals surface area (Å²) < 4.78 is 3.08. The first-order chi connectivity index (χ1) is 12.0. The topological polar surface area (TPSA) is 95.3 Å². The van der Waals surface area contributed by atoms with Crippen molar-refractivity contribution in [3.8, 4) is 0 Å². The second kappa shape index (κ2) is 5.52. The highest BCUT2D eigenvalue weighted by Crippen LogP contribution is 2.21. The predicted octanol–water partition coefficient (Wildman–Crippen LogP) is 2.31. The van der Waals surface area contributed by atoms with E-state index in [1.807, 2.05) is 19.1 Å². The van der Waals surface area contributed by atoms with Gasteiger partial charge in [-0.05, 0) is 30.7 Å². The number of aromatic nitrogens is 4. The van der Waals surface area contributed by atoms with Gasteiger partial charge in [0.05, 0.1) is 28.9 Å². The molecule has 4 aromatic rings. The van der Waals surface area contributed by atoms with Crippen LogP contribution in [0.3, 0.4) is 0 Å². The summed E-state index contributed by atoms with van der Waals surface area (Å²) in [5, 5.41) is 16.0. The minimum Gasteiger partial charge on any atom is -0.269 e. The Hall–Kier alpha value is -3.55. The van der Waals surface area contributed by atoms with Crippen molar-refractivity contribution < 1.29 is 4.92 Å². The Morgan fingerprint density at radius 2 is 2.04 bits per heavy atom. The van der Waals surface area contributed by atoms with Crippen molar-refractivity contribution in [1.29, 1.82) is 0 Å². The van der Waals surface area contributed by atoms with Gasteiger partial charge in [-0.3, -0.25) is 24.0 Å². The van der Waals surface area contributed by atoms with Crippen LogP contribution < -0.4 is 5.56 Å². The van der Waals surface area contributed by atoms with Gasteiger partial charge in [0.1, 0.15) is 5.65 Å². The zero-order valence-corrected chi connectivity index (χ0v) is 13.3. The zero-order chi connectivity index (χ0) is 17.6. The Balaban J connectivity index is 1.81. The summed E-state index contributed by atoms with van der Waals surface area (Å²) in [5.74, 6) is 0. The predicted molar refractivity (Wildman–Crippen MR) is 91.7 cm³/mol. The van der Waals surface area contributed by atoms with Gasteiger partial charge in [0.2, 0.25) is 0 Å². The fraction of sp³-hybridized carbons (Fsp3) is 0.118. The Kier molecular flexibility index (Phi) is 3.31. The standard InChI is InChI=1S/C17H13N5O3/c1-11-4-5-20-16(6-11)19-13(7-17(20)23)10-21-15-8-14(22(24)25)3-2-12(15)9-18-21/h2-9H,10H2,1H3. The van der Waals surface area contributed by atoms with Crippen molar-refractivity contribution in [2.24, 2.45) is 0 Å². The molecule has 8 nitrogen and oxygen atoms in total. The molecule has 0 saturated carbocycles. The molecule has 3 heterocycles. The van der Waals surface area contributed by atoms with Crippen LogP contribution in [0.4, 0.5) is 5.69 Å². The van der Waals surface area contributed by atoms with Crippen molar-refractivity contribution in [2.75, 3.05) is 0 Å². The average molecular weight is 335 g/mol. The molecule has 25 heavy (non-hydrogen) atoms. The van der Waals surface area contributed by atoms with E-state index in [0.717, 1.165) is 10.9 Å². The molecule has 0 amide bonds. The van der Waals surface area contributed by atoms with Crippen LogP contribution in [0.5, 0.6) is 0 Å². The van der Waals surface area contributed by atoms with Gasteiger partial charge < -0.3 is 0 Å². The first-order valence-corrected chi connectivity index (χ1v) is 7.60. The molecule has 0 bridgehead atoms. The van der Waals surface area contributed by atoms with Crippen molar-refractivity contribution >= 4 is 22.2 Å². The second-order valence-electron chi connectivity index (χ2n) is 5.82. The molecule has 0 aliphatic rings. The summed E-state index contributed by atoms with van der Waals surface area (Å²) in [6.07, 6.45) is 3.33. The molecule has 4 rings (SSSR count). The van der Waals surface area contributed by atoms with Crippen LogP contribution in [0.25, 0.3) is 16.6 Å². The maximum atomic E-state index is 12.3. The number of nitro benzene ring substituents is 1. The lowest BCUT2D eigenvalue weighted by Crippen LogP contribution is -2.17. The maximum absolute atomic E-state index is 12.3. The van der Waals surface area contributed by atoms with Gasteiger partial charge in [0, 0.05) is 29.8 Å². The number of hydrogen-bond acceptors (Lipinski definition) is 5. The third-order valence-electron chi connectivity index (χ3n) is 4.03. The Bertz CT molecular complexity index is 1190. The number of nitrogens with zero attached hydrogens (tertiary/aromatic N) is 5. The molecule has 0 aliphatic carbocycles. The highest BCUT2D eigenvalue weighted by Gasteiger charge is 2.11. The van der Waals surface area contributed by atoms with E-state index in [4.69, 9.17) is 0 Å². The Morgan fingerprint density at radius 3 is 2.84 bits per heavy atom. The SMILES string of the molecule is Cc1ccn2c(=O)cc(Cn3ncc4ccc([N+](=O)[O-])cc43)nc2c1. The number of fused-ring (bicyclic) bond motifs is 2. The largest absolute Gasteiger partial charge is 0.271 e. The van der Waals surface area contributed by atoms with Crippen LogP contribution in [0.15, 0.2) is 53.6 Å². The second-order valence-corrected chi connectivity index (χ2v) is 5.82. The van der Waals surface area contributed by atoms with Crippen LogP contribution in [-0.4, -0.2) is 24.1 Å². The van der Waals surface area contributed by atoms with Crippen LogP contribution in [0.2, 0.25) is 0 Å². The molecule has 0 spiro atoms. The van der Waals surface area contributed by atoms with Crippen LogP contribution >= 0.6 is 0 Å². The number of rotatable bonds is 3. The van der Waals surface area contributed by atoms with Gasteiger partial charge in [-0.25, -0.2) is 4.98 Å². The lowest BCUT2D eigenvalue weighted by atomic mass is 10.2. The van der Waals surface area contributed by atoms with E-state index in [0.29, 0.717) is 16.9 Å². The Labute approximate surface area is 141 Å². The maximum Gasteiger partial charge on any atom is 0.271 e. The third-order valence-corrected chi connectivity index (χ3v) is 4.03. The van der Waals surface area contributed by atoms with E-state index < -0.39 is 4.92 Å². The van der Waals surface area contributed by atoms with Gasteiger partial charge in [-0.1, -0.05) is 0 Å². The van der Waals surface area contributed by atoms with E-state index in [1.54, 1.807) is 23.1 Å². The summed E-state index contributed by atoms with van der Waals surface area (Å²) in [5.41, 5.74) is 2.56. The van der Waals surface area contributed by atoms with Crippen LogP contribution in [0, 0.1) is 17.0 Å². The molecular formula is C17H13N5O3. The minimum absolute atomic E-state index is 0.00332. The molecule has 8 heteroatoms. The van der Waals surface area contributed by atoms with Gasteiger partial charge in [0.25, 0.3) is 11.2 Å². The van der Waals surface area contributed by atoms with E-state index in [9.17, 15) is 14.9 Å². The third kappa shape index (κ3) is 2.63. The van der Waals surface area contributed by atoms with E-state index >= 15 is 0 Å². The smallest absolute Gasteiger partial charge is 0.269 e. The number of non-ortho nitro benzene ring substituents is 1. The lowest BCUT2D eigenvalue weighted by molar-refractivity contribution is -0.384. The summed E-state index contributed by atoms with van der Waals surface area (Å²) >= 11 is 0. The number of benzene rings is 1. The Morgan fingerprint density at radius 1 is 1.20 bits per heavy atom. The van der Waals surface area contributed by atoms with Crippen molar-refractivity contribution in [3.05, 3.63) is 80.5 Å². The number of nitro groups is 1. The highest BCUT2D eigenvalue weighted by atomic mass is 16.6. The average Bonchev–Trinajstić information content (AvgIpc) is 2.96. The van der Waals surface area contributed by atoms with E-state index in [1.165, 1.54) is 22.6 Å². The van der Waals surface area contributed by atoms with Crippen molar-refractivity contribution in [1.82, 2.24) is 19.2 Å². The summed E-state index contributed by atoms with van der Waals surface area (Å²) in [6, 6.07) is 9.70. The molecule has 3 aromatic heterocycles. The van der Waals surface area contributed by atoms with Crippen LogP contribution in [-0.2, 0) is 6.54 Å². The molecule has 124 valence electrons. The quantitative estimate of drug-likeness (QED) is 0.423. The molecule has 0 saturated heterocycles. The molecule has 0 N–H and O–H groups in total. The van der Waals surface area contributed by atoms with Crippen molar-refractivity contribution in [2.45, 2.75) is 13.5 Å². The summed E-state index contributed by atoms with van der Waals surface area (Å²) in [7, 11) is 0. The molecule has 1 aromatic carbocycles. The molecular weight excluding hydrogens is 322 g/mol. The molecule has 0 unspecified atom stereocenters. The summed E-state index contributed by atoms with van der Waals surface area (Å²) in [6.45, 7) is 2.18. The van der Waals surface area contributed by atoms with Gasteiger partial charge in [-0.15, -0.1) is 0 Å². The van der Waals surface area contributed by atoms with Crippen molar-refractivity contribution in [3.63, 3.8) is 0 Å². The van der Waals surface area contributed by atoms with Gasteiger partial charge in [-0.2, -0.15) is 5.10 Å². The normalized spacial score (nSPS) is 11.2. The minimum atomic E-state index is -0.444. The summed E-state index contributed by atoms with van der Waals surface area (Å²) in [4.78, 5) is 27.3. The number of pyridine rings is 1. The van der Waals surface area contributed by atoms with Crippen LogP contribution in [0.1, 0.15) is 11.3 Å². The molecule has 0 fully saturated rings. The zero-order valence-electron chi connectivity index (χ0n) is 13.3. The first-order valence-electron chi connectivity index (χ1n) is 7.60. The first kappa shape index (κ1) is 15.0. The fourth-order valence-corrected chi connectivity index (χ4v) is 2.79. The van der Waals surface area contributed by atoms with Gasteiger partial charge >= 0.3 is 0 Å². The molecule has 0 radical (unpaired) electrons. The number of aryl methyl sites for hydroxylation is 1.